The lowest BCUT2D eigenvalue weighted by molar-refractivity contribution is 0.0705. The quantitative estimate of drug-likeness (QED) is 0.630. The second-order valence-corrected chi connectivity index (χ2v) is 7.62. The van der Waals surface area contributed by atoms with Crippen molar-refractivity contribution in [1.29, 1.82) is 0 Å². The lowest BCUT2D eigenvalue weighted by Gasteiger charge is -2.32. The van der Waals surface area contributed by atoms with Gasteiger partial charge >= 0.3 is 0 Å². The Bertz CT molecular complexity index is 1030. The third kappa shape index (κ3) is 4.93. The average molecular weight is 419 g/mol. The maximum absolute atomic E-state index is 12.9. The van der Waals surface area contributed by atoms with Crippen molar-refractivity contribution in [3.05, 3.63) is 71.6 Å². The first-order valence-corrected chi connectivity index (χ1v) is 10.4. The monoisotopic (exact) mass is 419 g/mol. The molecule has 4 heterocycles. The normalized spacial score (nSPS) is 14.4. The average Bonchev–Trinajstić information content (AvgIpc) is 3.34. The van der Waals surface area contributed by atoms with Crippen molar-refractivity contribution in [1.82, 2.24) is 35.1 Å². The number of amides is 2. The van der Waals surface area contributed by atoms with Crippen LogP contribution in [0.2, 0.25) is 0 Å². The van der Waals surface area contributed by atoms with Crippen LogP contribution in [0.3, 0.4) is 0 Å². The molecule has 160 valence electrons. The summed E-state index contributed by atoms with van der Waals surface area (Å²) in [5.74, 6) is 0.516. The molecule has 0 aliphatic carbocycles. The van der Waals surface area contributed by atoms with Gasteiger partial charge in [0.1, 0.15) is 11.5 Å². The number of carbonyl (C=O) groups excluding carboxylic acids is 2. The number of imidazole rings is 1. The van der Waals surface area contributed by atoms with Crippen LogP contribution in [-0.4, -0.2) is 61.3 Å². The van der Waals surface area contributed by atoms with Gasteiger partial charge in [0.2, 0.25) is 0 Å². The first-order chi connectivity index (χ1) is 15.1. The summed E-state index contributed by atoms with van der Waals surface area (Å²) in [5, 5.41) is 2.97. The van der Waals surface area contributed by atoms with E-state index in [9.17, 15) is 9.59 Å². The minimum absolute atomic E-state index is 0.0526. The topological polar surface area (TPSA) is 117 Å². The maximum Gasteiger partial charge on any atom is 0.271 e. The highest BCUT2D eigenvalue weighted by Gasteiger charge is 2.29. The van der Waals surface area contributed by atoms with Crippen LogP contribution in [0.4, 0.5) is 0 Å². The first-order valence-electron chi connectivity index (χ1n) is 10.4. The van der Waals surface area contributed by atoms with E-state index in [-0.39, 0.29) is 17.7 Å². The Morgan fingerprint density at radius 1 is 1.19 bits per heavy atom. The zero-order chi connectivity index (χ0) is 21.6. The molecule has 4 rings (SSSR count). The minimum atomic E-state index is -0.171. The molecule has 0 bridgehead atoms. The number of carbonyl (C=O) groups is 2. The summed E-state index contributed by atoms with van der Waals surface area (Å²) < 4.78 is 0. The molecule has 2 N–H and O–H groups in total. The number of aromatic amines is 1. The zero-order valence-electron chi connectivity index (χ0n) is 17.4. The molecule has 3 aromatic rings. The van der Waals surface area contributed by atoms with Crippen LogP contribution in [0.1, 0.15) is 56.7 Å². The highest BCUT2D eigenvalue weighted by molar-refractivity contribution is 5.95. The van der Waals surface area contributed by atoms with Crippen molar-refractivity contribution in [2.24, 2.45) is 0 Å². The van der Waals surface area contributed by atoms with Crippen molar-refractivity contribution in [3.8, 4) is 0 Å². The van der Waals surface area contributed by atoms with Crippen LogP contribution in [0.25, 0.3) is 0 Å². The molecule has 9 heteroatoms. The third-order valence-corrected chi connectivity index (χ3v) is 5.50. The summed E-state index contributed by atoms with van der Waals surface area (Å²) in [6.07, 6.45) is 10.4. The molecule has 31 heavy (non-hydrogen) atoms. The van der Waals surface area contributed by atoms with Crippen molar-refractivity contribution in [3.63, 3.8) is 0 Å². The largest absolute Gasteiger partial charge is 0.352 e. The van der Waals surface area contributed by atoms with E-state index in [0.29, 0.717) is 43.1 Å². The summed E-state index contributed by atoms with van der Waals surface area (Å²) in [7, 11) is 0. The van der Waals surface area contributed by atoms with Crippen LogP contribution < -0.4 is 5.32 Å². The molecule has 0 unspecified atom stereocenters. The van der Waals surface area contributed by atoms with Gasteiger partial charge in [0.05, 0.1) is 23.8 Å². The van der Waals surface area contributed by atoms with Gasteiger partial charge in [-0.15, -0.1) is 0 Å². The summed E-state index contributed by atoms with van der Waals surface area (Å²) in [6, 6.07) is 3.87. The van der Waals surface area contributed by atoms with E-state index in [2.05, 4.69) is 30.2 Å². The molecule has 2 amide bonds. The fourth-order valence-corrected chi connectivity index (χ4v) is 3.83. The second-order valence-electron chi connectivity index (χ2n) is 7.62. The van der Waals surface area contributed by atoms with E-state index >= 15 is 0 Å². The fourth-order valence-electron chi connectivity index (χ4n) is 3.83. The molecule has 9 nitrogen and oxygen atoms in total. The molecule has 0 saturated carbocycles. The van der Waals surface area contributed by atoms with E-state index in [1.807, 2.05) is 24.0 Å². The standard InChI is InChI=1S/C22H25N7O2/c1-15-26-12-18(21(30)25-8-4-16-3-2-7-23-11-16)20(28-15)17-5-9-29(10-6-17)22(31)19-13-24-14-27-19/h2-3,7,11-14,17H,4-6,8-10H2,1H3,(H,24,27)(H,25,30). The van der Waals surface area contributed by atoms with Crippen molar-refractivity contribution >= 4 is 11.8 Å². The second kappa shape index (κ2) is 9.46. The van der Waals surface area contributed by atoms with Gasteiger partial charge in [-0.05, 0) is 37.8 Å². The Kier molecular flexibility index (Phi) is 6.30. The van der Waals surface area contributed by atoms with E-state index in [0.717, 1.165) is 24.1 Å². The molecule has 1 saturated heterocycles. The van der Waals surface area contributed by atoms with E-state index < -0.39 is 0 Å². The number of rotatable bonds is 6. The first kappa shape index (κ1) is 20.6. The van der Waals surface area contributed by atoms with Crippen molar-refractivity contribution < 1.29 is 9.59 Å². The number of nitrogens with zero attached hydrogens (tertiary/aromatic N) is 5. The van der Waals surface area contributed by atoms with E-state index in [1.165, 1.54) is 12.5 Å². The van der Waals surface area contributed by atoms with Gasteiger partial charge in [0.25, 0.3) is 11.8 Å². The van der Waals surface area contributed by atoms with E-state index in [1.54, 1.807) is 18.6 Å². The van der Waals surface area contributed by atoms with Crippen LogP contribution in [-0.2, 0) is 6.42 Å². The SMILES string of the molecule is Cc1ncc(C(=O)NCCc2cccnc2)c(C2CCN(C(=O)c3cnc[nH]3)CC2)n1. The summed E-state index contributed by atoms with van der Waals surface area (Å²) >= 11 is 0. The van der Waals surface area contributed by atoms with Crippen LogP contribution in [0.5, 0.6) is 0 Å². The van der Waals surface area contributed by atoms with Gasteiger partial charge in [0.15, 0.2) is 0 Å². The number of aromatic nitrogens is 5. The molecule has 1 fully saturated rings. The Morgan fingerprint density at radius 3 is 2.74 bits per heavy atom. The molecule has 1 aliphatic rings. The Balaban J connectivity index is 1.40. The molecule has 0 radical (unpaired) electrons. The summed E-state index contributed by atoms with van der Waals surface area (Å²) in [6.45, 7) is 3.54. The lowest BCUT2D eigenvalue weighted by Crippen LogP contribution is -2.38. The molecule has 3 aromatic heterocycles. The van der Waals surface area contributed by atoms with Crippen LogP contribution in [0.15, 0.2) is 43.2 Å². The maximum atomic E-state index is 12.9. The predicted molar refractivity (Wildman–Crippen MR) is 114 cm³/mol. The Labute approximate surface area is 180 Å². The number of hydrogen-bond acceptors (Lipinski definition) is 6. The Morgan fingerprint density at radius 2 is 2.03 bits per heavy atom. The molecular weight excluding hydrogens is 394 g/mol. The lowest BCUT2D eigenvalue weighted by atomic mass is 9.90. The Hall–Kier alpha value is -3.62. The van der Waals surface area contributed by atoms with Crippen LogP contribution in [0, 0.1) is 6.92 Å². The molecule has 1 aliphatic heterocycles. The van der Waals surface area contributed by atoms with Gasteiger partial charge in [-0.1, -0.05) is 6.07 Å². The van der Waals surface area contributed by atoms with Gasteiger partial charge in [-0.3, -0.25) is 14.6 Å². The van der Waals surface area contributed by atoms with Gasteiger partial charge in [-0.25, -0.2) is 15.0 Å². The highest BCUT2D eigenvalue weighted by Crippen LogP contribution is 2.29. The third-order valence-electron chi connectivity index (χ3n) is 5.50. The number of likely N-dealkylation sites (tertiary alicyclic amines) is 1. The molecular formula is C22H25N7O2. The van der Waals surface area contributed by atoms with Gasteiger partial charge in [-0.2, -0.15) is 0 Å². The summed E-state index contributed by atoms with van der Waals surface area (Å²) in [4.78, 5) is 46.9. The number of H-pyrrole nitrogens is 1. The van der Waals surface area contributed by atoms with Crippen molar-refractivity contribution in [2.45, 2.75) is 32.1 Å². The molecule has 0 spiro atoms. The molecule has 0 atom stereocenters. The smallest absolute Gasteiger partial charge is 0.271 e. The van der Waals surface area contributed by atoms with Gasteiger partial charge < -0.3 is 15.2 Å². The number of nitrogens with one attached hydrogen (secondary N) is 2. The zero-order valence-corrected chi connectivity index (χ0v) is 17.4. The van der Waals surface area contributed by atoms with E-state index in [4.69, 9.17) is 0 Å². The van der Waals surface area contributed by atoms with Crippen molar-refractivity contribution in [2.75, 3.05) is 19.6 Å². The van der Waals surface area contributed by atoms with Crippen LogP contribution >= 0.6 is 0 Å². The number of piperidine rings is 1. The predicted octanol–water partition coefficient (Wildman–Crippen LogP) is 1.90. The number of pyridine rings is 1. The van der Waals surface area contributed by atoms with Gasteiger partial charge in [0, 0.05) is 44.1 Å². The molecule has 0 aromatic carbocycles. The number of aryl methyl sites for hydroxylation is 1. The fraction of sp³-hybridized carbons (Fsp3) is 0.364. The summed E-state index contributed by atoms with van der Waals surface area (Å²) in [5.41, 5.74) is 2.83. The minimum Gasteiger partial charge on any atom is -0.352 e. The number of hydrogen-bond donors (Lipinski definition) is 2. The highest BCUT2D eigenvalue weighted by atomic mass is 16.2.